The number of carbonyl (C=O) groups is 1. The number of amides is 1. The fourth-order valence-corrected chi connectivity index (χ4v) is 4.63. The minimum atomic E-state index is -2.97. The summed E-state index contributed by atoms with van der Waals surface area (Å²) in [4.78, 5) is 25.2. The molecule has 1 atom stereocenters. The summed E-state index contributed by atoms with van der Waals surface area (Å²) in [5.74, 6) is 1.59. The van der Waals surface area contributed by atoms with Crippen molar-refractivity contribution in [3.05, 3.63) is 72.3 Å². The number of carbonyl (C=O) groups excluding carboxylic acids is 1. The summed E-state index contributed by atoms with van der Waals surface area (Å²) in [6.45, 7) is 3.90. The van der Waals surface area contributed by atoms with E-state index in [4.69, 9.17) is 14.2 Å². The number of hydrogen-bond acceptors (Lipinski definition) is 9. The van der Waals surface area contributed by atoms with Gasteiger partial charge in [-0.3, -0.25) is 4.98 Å². The minimum Gasteiger partial charge on any atom is -0.493 e. The van der Waals surface area contributed by atoms with Crippen LogP contribution in [-0.4, -0.2) is 45.2 Å². The molecule has 0 aliphatic rings. The molecule has 0 bridgehead atoms. The van der Waals surface area contributed by atoms with Gasteiger partial charge in [0.2, 0.25) is 0 Å². The van der Waals surface area contributed by atoms with E-state index in [1.54, 1.807) is 44.5 Å². The summed E-state index contributed by atoms with van der Waals surface area (Å²) in [6.07, 6.45) is 3.75. The Bertz CT molecular complexity index is 1550. The number of anilines is 2. The SMILES string of the molecule is CCOC(=O)N=S(C)(=O)c1cccc(COc2cc3ncnc(Nc4ccc(C)nc4)c3cc2OC)c1. The van der Waals surface area contributed by atoms with Crippen molar-refractivity contribution in [2.24, 2.45) is 4.36 Å². The first-order chi connectivity index (χ1) is 17.8. The second-order valence-corrected chi connectivity index (χ2v) is 10.3. The number of aromatic nitrogens is 3. The van der Waals surface area contributed by atoms with Crippen LogP contribution in [0.2, 0.25) is 0 Å². The van der Waals surface area contributed by atoms with Crippen molar-refractivity contribution >= 4 is 38.2 Å². The molecule has 37 heavy (non-hydrogen) atoms. The predicted octanol–water partition coefficient (Wildman–Crippen LogP) is 5.28. The number of fused-ring (bicyclic) bond motifs is 1. The van der Waals surface area contributed by atoms with Gasteiger partial charge in [0.15, 0.2) is 11.5 Å². The molecule has 2 aromatic heterocycles. The number of hydrogen-bond donors (Lipinski definition) is 1. The number of nitrogens with zero attached hydrogens (tertiary/aromatic N) is 4. The molecule has 0 spiro atoms. The highest BCUT2D eigenvalue weighted by atomic mass is 32.2. The maximum atomic E-state index is 13.0. The van der Waals surface area contributed by atoms with E-state index in [0.29, 0.717) is 27.7 Å². The van der Waals surface area contributed by atoms with E-state index in [0.717, 1.165) is 22.3 Å². The molecule has 4 rings (SSSR count). The molecule has 1 unspecified atom stereocenters. The number of methoxy groups -OCH3 is 1. The number of rotatable bonds is 8. The Morgan fingerprint density at radius 2 is 1.92 bits per heavy atom. The number of nitrogens with one attached hydrogen (secondary N) is 1. The normalized spacial score (nSPS) is 12.4. The van der Waals surface area contributed by atoms with Gasteiger partial charge in [-0.2, -0.15) is 0 Å². The van der Waals surface area contributed by atoms with Crippen molar-refractivity contribution in [3.8, 4) is 11.5 Å². The van der Waals surface area contributed by atoms with Gasteiger partial charge in [0.25, 0.3) is 0 Å². The molecule has 4 aromatic rings. The quantitative estimate of drug-likeness (QED) is 0.330. The zero-order chi connectivity index (χ0) is 26.4. The van der Waals surface area contributed by atoms with E-state index in [1.807, 2.05) is 31.2 Å². The van der Waals surface area contributed by atoms with Gasteiger partial charge in [0.05, 0.1) is 40.8 Å². The van der Waals surface area contributed by atoms with Crippen LogP contribution < -0.4 is 14.8 Å². The van der Waals surface area contributed by atoms with Gasteiger partial charge in [-0.25, -0.2) is 19.0 Å². The van der Waals surface area contributed by atoms with Gasteiger partial charge in [0.1, 0.15) is 18.8 Å². The molecule has 1 amide bonds. The van der Waals surface area contributed by atoms with Gasteiger partial charge in [0, 0.05) is 28.3 Å². The summed E-state index contributed by atoms with van der Waals surface area (Å²) in [7, 11) is -1.42. The van der Waals surface area contributed by atoms with Crippen LogP contribution in [-0.2, 0) is 21.1 Å². The fraction of sp³-hybridized carbons (Fsp3) is 0.231. The largest absolute Gasteiger partial charge is 0.493 e. The molecule has 1 N–H and O–H groups in total. The molecule has 10 nitrogen and oxygen atoms in total. The van der Waals surface area contributed by atoms with Gasteiger partial charge >= 0.3 is 6.09 Å². The monoisotopic (exact) mass is 521 g/mol. The second-order valence-electron chi connectivity index (χ2n) is 8.08. The molecule has 2 aromatic carbocycles. The number of ether oxygens (including phenoxy) is 3. The Kier molecular flexibility index (Phi) is 7.83. The Morgan fingerprint density at radius 1 is 1.08 bits per heavy atom. The zero-order valence-corrected chi connectivity index (χ0v) is 21.7. The van der Waals surface area contributed by atoms with Crippen LogP contribution in [0.3, 0.4) is 0 Å². The summed E-state index contributed by atoms with van der Waals surface area (Å²) < 4.78 is 33.1. The van der Waals surface area contributed by atoms with Crippen LogP contribution in [0.1, 0.15) is 18.2 Å². The minimum absolute atomic E-state index is 0.158. The summed E-state index contributed by atoms with van der Waals surface area (Å²) in [5, 5.41) is 4.02. The third-order valence-corrected chi connectivity index (χ3v) is 6.97. The molecular formula is C26H27N5O5S. The van der Waals surface area contributed by atoms with Crippen molar-refractivity contribution in [2.75, 3.05) is 25.3 Å². The lowest BCUT2D eigenvalue weighted by molar-refractivity contribution is 0.164. The predicted molar refractivity (Wildman–Crippen MR) is 141 cm³/mol. The lowest BCUT2D eigenvalue weighted by atomic mass is 10.2. The van der Waals surface area contributed by atoms with Crippen LogP contribution in [0.25, 0.3) is 10.9 Å². The van der Waals surface area contributed by atoms with E-state index in [1.165, 1.54) is 12.6 Å². The molecule has 0 aliphatic heterocycles. The van der Waals surface area contributed by atoms with Crippen LogP contribution in [0.4, 0.5) is 16.3 Å². The van der Waals surface area contributed by atoms with Crippen molar-refractivity contribution in [1.82, 2.24) is 15.0 Å². The van der Waals surface area contributed by atoms with Crippen molar-refractivity contribution in [1.29, 1.82) is 0 Å². The molecule has 2 heterocycles. The lowest BCUT2D eigenvalue weighted by Gasteiger charge is -2.14. The standard InChI is InChI=1S/C26H27N5O5S/c1-5-35-26(32)31-37(4,33)20-8-6-7-18(11-20)15-36-24-13-22-21(12-23(24)34-3)25(29-16-28-22)30-19-10-9-17(2)27-14-19/h6-14,16H,5,15H2,1-4H3,(H,28,29,30). The Morgan fingerprint density at radius 3 is 2.65 bits per heavy atom. The molecule has 0 fully saturated rings. The summed E-state index contributed by atoms with van der Waals surface area (Å²) in [5.41, 5.74) is 3.12. The lowest BCUT2D eigenvalue weighted by Crippen LogP contribution is -2.06. The fourth-order valence-electron chi connectivity index (χ4n) is 3.49. The van der Waals surface area contributed by atoms with Crippen LogP contribution in [0, 0.1) is 6.92 Å². The van der Waals surface area contributed by atoms with Crippen molar-refractivity contribution in [3.63, 3.8) is 0 Å². The average Bonchev–Trinajstić information content (AvgIpc) is 2.88. The first-order valence-corrected chi connectivity index (χ1v) is 13.3. The van der Waals surface area contributed by atoms with Gasteiger partial charge in [-0.15, -0.1) is 4.36 Å². The summed E-state index contributed by atoms with van der Waals surface area (Å²) >= 11 is 0. The molecule has 0 saturated carbocycles. The second kappa shape index (κ2) is 11.2. The van der Waals surface area contributed by atoms with E-state index < -0.39 is 15.8 Å². The first-order valence-electron chi connectivity index (χ1n) is 11.4. The molecular weight excluding hydrogens is 494 g/mol. The maximum Gasteiger partial charge on any atom is 0.442 e. The average molecular weight is 522 g/mol. The Balaban J connectivity index is 1.58. The Hall–Kier alpha value is -4.25. The number of aryl methyl sites for hydroxylation is 1. The Labute approximate surface area is 215 Å². The van der Waals surface area contributed by atoms with Gasteiger partial charge in [-0.05, 0) is 49.7 Å². The van der Waals surface area contributed by atoms with Crippen molar-refractivity contribution in [2.45, 2.75) is 25.3 Å². The van der Waals surface area contributed by atoms with Crippen LogP contribution in [0.15, 0.2) is 70.3 Å². The topological polar surface area (TPSA) is 125 Å². The smallest absolute Gasteiger partial charge is 0.442 e. The van der Waals surface area contributed by atoms with E-state index in [9.17, 15) is 9.00 Å². The van der Waals surface area contributed by atoms with E-state index in [-0.39, 0.29) is 13.2 Å². The van der Waals surface area contributed by atoms with Gasteiger partial charge in [-0.1, -0.05) is 12.1 Å². The molecule has 0 radical (unpaired) electrons. The van der Waals surface area contributed by atoms with Crippen molar-refractivity contribution < 1.29 is 23.2 Å². The van der Waals surface area contributed by atoms with Gasteiger partial charge < -0.3 is 19.5 Å². The van der Waals surface area contributed by atoms with Crippen LogP contribution >= 0.6 is 0 Å². The third kappa shape index (κ3) is 6.31. The molecule has 0 aliphatic carbocycles. The highest BCUT2D eigenvalue weighted by molar-refractivity contribution is 7.93. The molecule has 192 valence electrons. The number of pyridine rings is 1. The zero-order valence-electron chi connectivity index (χ0n) is 20.9. The molecule has 0 saturated heterocycles. The maximum absolute atomic E-state index is 13.0. The summed E-state index contributed by atoms with van der Waals surface area (Å²) in [6, 6.07) is 14.3. The molecule has 11 heteroatoms. The van der Waals surface area contributed by atoms with E-state index in [2.05, 4.69) is 24.6 Å². The first kappa shape index (κ1) is 25.8. The van der Waals surface area contributed by atoms with E-state index >= 15 is 0 Å². The van der Waals surface area contributed by atoms with Crippen LogP contribution in [0.5, 0.6) is 11.5 Å². The number of benzene rings is 2. The third-order valence-electron chi connectivity index (χ3n) is 5.34. The highest BCUT2D eigenvalue weighted by Crippen LogP contribution is 2.35. The highest BCUT2D eigenvalue weighted by Gasteiger charge is 2.14.